The normalized spacial score (nSPS) is 11.1. The number of hydrogen-bond acceptors (Lipinski definition) is 3. The van der Waals surface area contributed by atoms with Crippen LogP contribution >= 0.6 is 0 Å². The number of H-pyrrole nitrogens is 1. The van der Waals surface area contributed by atoms with Gasteiger partial charge in [-0.1, -0.05) is 12.1 Å². The summed E-state index contributed by atoms with van der Waals surface area (Å²) in [6, 6.07) is 6.05. The number of rotatable bonds is 5. The Morgan fingerprint density at radius 3 is 3.06 bits per heavy atom. The predicted octanol–water partition coefficient (Wildman–Crippen LogP) is 1.60. The van der Waals surface area contributed by atoms with Gasteiger partial charge in [-0.05, 0) is 18.1 Å². The number of benzene rings is 1. The molecule has 1 heterocycles. The summed E-state index contributed by atoms with van der Waals surface area (Å²) in [5.41, 5.74) is 8.83. The molecule has 0 aliphatic rings. The van der Waals surface area contributed by atoms with Crippen LogP contribution in [0.25, 0.3) is 11.0 Å². The van der Waals surface area contributed by atoms with E-state index in [2.05, 4.69) is 9.97 Å². The van der Waals surface area contributed by atoms with Crippen LogP contribution in [-0.2, 0) is 17.7 Å². The standard InChI is InChI=1S/C12H17N3O/c1-16-7-3-6-11-14-10-5-2-4-9(8-13)12(10)15-11/h2,4-5H,3,6-8,13H2,1H3,(H,14,15). The third kappa shape index (κ3) is 2.23. The minimum Gasteiger partial charge on any atom is -0.385 e. The molecule has 0 saturated carbocycles. The Labute approximate surface area is 94.8 Å². The van der Waals surface area contributed by atoms with Crippen LogP contribution in [0.15, 0.2) is 18.2 Å². The van der Waals surface area contributed by atoms with E-state index < -0.39 is 0 Å². The zero-order chi connectivity index (χ0) is 11.4. The number of nitrogens with two attached hydrogens (primary N) is 1. The number of ether oxygens (including phenoxy) is 1. The van der Waals surface area contributed by atoms with Gasteiger partial charge in [0.25, 0.3) is 0 Å². The van der Waals surface area contributed by atoms with Crippen LogP contribution in [-0.4, -0.2) is 23.7 Å². The Hall–Kier alpha value is -1.39. The molecule has 0 saturated heterocycles. The monoisotopic (exact) mass is 219 g/mol. The minimum atomic E-state index is 0.527. The predicted molar refractivity (Wildman–Crippen MR) is 64.2 cm³/mol. The van der Waals surface area contributed by atoms with Gasteiger partial charge in [-0.15, -0.1) is 0 Å². The molecule has 86 valence electrons. The average Bonchev–Trinajstić information content (AvgIpc) is 2.71. The maximum atomic E-state index is 5.67. The Bertz CT molecular complexity index is 464. The van der Waals surface area contributed by atoms with Crippen LogP contribution in [0.1, 0.15) is 17.8 Å². The fraction of sp³-hybridized carbons (Fsp3) is 0.417. The van der Waals surface area contributed by atoms with Crippen molar-refractivity contribution in [2.75, 3.05) is 13.7 Å². The molecule has 0 fully saturated rings. The van der Waals surface area contributed by atoms with Gasteiger partial charge < -0.3 is 15.5 Å². The summed E-state index contributed by atoms with van der Waals surface area (Å²) >= 11 is 0. The Morgan fingerprint density at radius 2 is 2.31 bits per heavy atom. The van der Waals surface area contributed by atoms with E-state index in [0.717, 1.165) is 41.9 Å². The summed E-state index contributed by atoms with van der Waals surface area (Å²) in [6.07, 6.45) is 1.89. The fourth-order valence-corrected chi connectivity index (χ4v) is 1.81. The number of imidazole rings is 1. The third-order valence-corrected chi connectivity index (χ3v) is 2.63. The summed E-state index contributed by atoms with van der Waals surface area (Å²) < 4.78 is 5.02. The van der Waals surface area contributed by atoms with Crippen molar-refractivity contribution in [2.45, 2.75) is 19.4 Å². The van der Waals surface area contributed by atoms with E-state index >= 15 is 0 Å². The number of nitrogens with zero attached hydrogens (tertiary/aromatic N) is 1. The Balaban J connectivity index is 2.22. The zero-order valence-corrected chi connectivity index (χ0v) is 9.49. The summed E-state index contributed by atoms with van der Waals surface area (Å²) in [6.45, 7) is 1.29. The van der Waals surface area contributed by atoms with Gasteiger partial charge in [-0.3, -0.25) is 0 Å². The van der Waals surface area contributed by atoms with Gasteiger partial charge in [0.1, 0.15) is 5.82 Å². The second-order valence-electron chi connectivity index (χ2n) is 3.80. The quantitative estimate of drug-likeness (QED) is 0.751. The van der Waals surface area contributed by atoms with Gasteiger partial charge in [-0.25, -0.2) is 4.98 Å². The number of nitrogens with one attached hydrogen (secondary N) is 1. The molecule has 0 radical (unpaired) electrons. The fourth-order valence-electron chi connectivity index (χ4n) is 1.81. The number of aryl methyl sites for hydroxylation is 1. The van der Waals surface area contributed by atoms with Crippen molar-refractivity contribution in [3.8, 4) is 0 Å². The number of hydrogen-bond donors (Lipinski definition) is 2. The first-order chi connectivity index (χ1) is 7.85. The number of para-hydroxylation sites is 1. The topological polar surface area (TPSA) is 63.9 Å². The van der Waals surface area contributed by atoms with Crippen LogP contribution in [0, 0.1) is 0 Å². The van der Waals surface area contributed by atoms with Gasteiger partial charge in [-0.2, -0.15) is 0 Å². The van der Waals surface area contributed by atoms with Gasteiger partial charge >= 0.3 is 0 Å². The SMILES string of the molecule is COCCCc1nc2c(CN)cccc2[nH]1. The number of methoxy groups -OCH3 is 1. The molecular weight excluding hydrogens is 202 g/mol. The van der Waals surface area contributed by atoms with E-state index in [0.29, 0.717) is 6.54 Å². The van der Waals surface area contributed by atoms with Crippen LogP contribution in [0.4, 0.5) is 0 Å². The summed E-state index contributed by atoms with van der Waals surface area (Å²) in [5, 5.41) is 0. The maximum absolute atomic E-state index is 5.67. The lowest BCUT2D eigenvalue weighted by atomic mass is 10.2. The number of aromatic amines is 1. The van der Waals surface area contributed by atoms with Gasteiger partial charge in [0, 0.05) is 26.7 Å². The summed E-state index contributed by atoms with van der Waals surface area (Å²) in [5.74, 6) is 1.01. The van der Waals surface area contributed by atoms with Crippen molar-refractivity contribution in [1.82, 2.24) is 9.97 Å². The third-order valence-electron chi connectivity index (χ3n) is 2.63. The average molecular weight is 219 g/mol. The highest BCUT2D eigenvalue weighted by molar-refractivity contribution is 5.78. The molecule has 4 nitrogen and oxygen atoms in total. The molecule has 2 rings (SSSR count). The lowest BCUT2D eigenvalue weighted by Crippen LogP contribution is -1.97. The molecule has 0 spiro atoms. The molecule has 3 N–H and O–H groups in total. The van der Waals surface area contributed by atoms with Crippen molar-refractivity contribution in [2.24, 2.45) is 5.73 Å². The van der Waals surface area contributed by atoms with Gasteiger partial charge in [0.05, 0.1) is 11.0 Å². The van der Waals surface area contributed by atoms with E-state index in [1.165, 1.54) is 0 Å². The van der Waals surface area contributed by atoms with Crippen molar-refractivity contribution >= 4 is 11.0 Å². The van der Waals surface area contributed by atoms with Crippen molar-refractivity contribution < 1.29 is 4.74 Å². The van der Waals surface area contributed by atoms with E-state index in [4.69, 9.17) is 10.5 Å². The second kappa shape index (κ2) is 5.09. The molecule has 1 aromatic heterocycles. The van der Waals surface area contributed by atoms with Crippen LogP contribution in [0.2, 0.25) is 0 Å². The number of aromatic nitrogens is 2. The molecule has 0 bridgehead atoms. The first kappa shape index (κ1) is 11.1. The molecule has 4 heteroatoms. The largest absolute Gasteiger partial charge is 0.385 e. The number of fused-ring (bicyclic) bond motifs is 1. The van der Waals surface area contributed by atoms with Crippen molar-refractivity contribution in [1.29, 1.82) is 0 Å². The van der Waals surface area contributed by atoms with Crippen LogP contribution in [0.3, 0.4) is 0 Å². The highest BCUT2D eigenvalue weighted by Crippen LogP contribution is 2.16. The molecule has 0 unspecified atom stereocenters. The molecule has 0 amide bonds. The zero-order valence-electron chi connectivity index (χ0n) is 9.49. The molecule has 0 atom stereocenters. The minimum absolute atomic E-state index is 0.527. The van der Waals surface area contributed by atoms with Gasteiger partial charge in [0.2, 0.25) is 0 Å². The molecule has 0 aliphatic carbocycles. The lowest BCUT2D eigenvalue weighted by Gasteiger charge is -1.95. The first-order valence-corrected chi connectivity index (χ1v) is 5.50. The maximum Gasteiger partial charge on any atom is 0.107 e. The highest BCUT2D eigenvalue weighted by atomic mass is 16.5. The molecule has 0 aliphatic heterocycles. The Morgan fingerprint density at radius 1 is 1.44 bits per heavy atom. The van der Waals surface area contributed by atoms with Crippen LogP contribution in [0.5, 0.6) is 0 Å². The van der Waals surface area contributed by atoms with Crippen molar-refractivity contribution in [3.05, 3.63) is 29.6 Å². The Kier molecular flexibility index (Phi) is 3.54. The van der Waals surface area contributed by atoms with Gasteiger partial charge in [0.15, 0.2) is 0 Å². The molecule has 16 heavy (non-hydrogen) atoms. The highest BCUT2D eigenvalue weighted by Gasteiger charge is 2.05. The molecule has 1 aromatic carbocycles. The van der Waals surface area contributed by atoms with Crippen LogP contribution < -0.4 is 5.73 Å². The first-order valence-electron chi connectivity index (χ1n) is 5.50. The summed E-state index contributed by atoms with van der Waals surface area (Å²) in [4.78, 5) is 7.87. The van der Waals surface area contributed by atoms with Crippen molar-refractivity contribution in [3.63, 3.8) is 0 Å². The molecular formula is C12H17N3O. The lowest BCUT2D eigenvalue weighted by molar-refractivity contribution is 0.194. The van der Waals surface area contributed by atoms with E-state index in [9.17, 15) is 0 Å². The van der Waals surface area contributed by atoms with E-state index in [-0.39, 0.29) is 0 Å². The van der Waals surface area contributed by atoms with E-state index in [1.807, 2.05) is 18.2 Å². The molecule has 2 aromatic rings. The van der Waals surface area contributed by atoms with E-state index in [1.54, 1.807) is 7.11 Å². The second-order valence-corrected chi connectivity index (χ2v) is 3.80. The smallest absolute Gasteiger partial charge is 0.107 e. The summed E-state index contributed by atoms with van der Waals surface area (Å²) in [7, 11) is 1.71.